The van der Waals surface area contributed by atoms with Gasteiger partial charge < -0.3 is 25.8 Å². The molecule has 1 saturated heterocycles. The SMILES string of the molecule is Cc1ccc(CNCC(=O)Nc2ccc(N3CCN(C(=O)Nc4c(Cl)cccc4Cl)CC3)cc2)c(C)c1. The molecule has 9 heteroatoms. The summed E-state index contributed by atoms with van der Waals surface area (Å²) in [7, 11) is 0. The molecule has 1 aliphatic heterocycles. The van der Waals surface area contributed by atoms with Crippen LogP contribution in [0.3, 0.4) is 0 Å². The van der Waals surface area contributed by atoms with E-state index in [0.717, 1.165) is 11.4 Å². The molecule has 3 aromatic rings. The van der Waals surface area contributed by atoms with Crippen LogP contribution in [-0.2, 0) is 11.3 Å². The zero-order valence-corrected chi connectivity index (χ0v) is 22.5. The van der Waals surface area contributed by atoms with Crippen molar-refractivity contribution in [3.8, 4) is 0 Å². The third-order valence-electron chi connectivity index (χ3n) is 6.38. The van der Waals surface area contributed by atoms with Gasteiger partial charge in [-0.2, -0.15) is 0 Å². The van der Waals surface area contributed by atoms with E-state index in [4.69, 9.17) is 23.2 Å². The molecule has 0 aromatic heterocycles. The Kier molecular flexibility index (Phi) is 8.92. The smallest absolute Gasteiger partial charge is 0.322 e. The number of amides is 3. The number of nitrogens with one attached hydrogen (secondary N) is 3. The van der Waals surface area contributed by atoms with E-state index >= 15 is 0 Å². The average Bonchev–Trinajstić information content (AvgIpc) is 2.88. The summed E-state index contributed by atoms with van der Waals surface area (Å²) in [6.07, 6.45) is 0. The lowest BCUT2D eigenvalue weighted by Gasteiger charge is -2.36. The number of nitrogens with zero attached hydrogens (tertiary/aromatic N) is 2. The molecule has 4 rings (SSSR count). The molecule has 37 heavy (non-hydrogen) atoms. The number of anilines is 3. The van der Waals surface area contributed by atoms with Crippen molar-refractivity contribution in [2.45, 2.75) is 20.4 Å². The zero-order chi connectivity index (χ0) is 26.4. The van der Waals surface area contributed by atoms with Crippen molar-refractivity contribution in [2.75, 3.05) is 48.3 Å². The van der Waals surface area contributed by atoms with Crippen LogP contribution in [0.4, 0.5) is 21.9 Å². The predicted molar refractivity (Wildman–Crippen MR) is 152 cm³/mol. The minimum Gasteiger partial charge on any atom is -0.368 e. The second kappa shape index (κ2) is 12.3. The number of urea groups is 1. The minimum absolute atomic E-state index is 0.0873. The van der Waals surface area contributed by atoms with Crippen LogP contribution in [0.2, 0.25) is 10.0 Å². The number of carbonyl (C=O) groups is 2. The van der Waals surface area contributed by atoms with Crippen LogP contribution in [0, 0.1) is 13.8 Å². The first-order chi connectivity index (χ1) is 17.8. The maximum Gasteiger partial charge on any atom is 0.322 e. The van der Waals surface area contributed by atoms with Crippen molar-refractivity contribution in [1.82, 2.24) is 10.2 Å². The fraction of sp³-hybridized carbons (Fsp3) is 0.286. The monoisotopic (exact) mass is 539 g/mol. The van der Waals surface area contributed by atoms with Crippen LogP contribution in [0.25, 0.3) is 0 Å². The normalized spacial score (nSPS) is 13.4. The van der Waals surface area contributed by atoms with E-state index < -0.39 is 0 Å². The molecule has 0 unspecified atom stereocenters. The van der Waals surface area contributed by atoms with Crippen LogP contribution in [0.1, 0.15) is 16.7 Å². The number of halogens is 2. The molecule has 1 fully saturated rings. The van der Waals surface area contributed by atoms with Gasteiger partial charge in [0.15, 0.2) is 0 Å². The summed E-state index contributed by atoms with van der Waals surface area (Å²) in [6.45, 7) is 7.55. The highest BCUT2D eigenvalue weighted by Crippen LogP contribution is 2.30. The summed E-state index contributed by atoms with van der Waals surface area (Å²) < 4.78 is 0. The zero-order valence-electron chi connectivity index (χ0n) is 21.0. The largest absolute Gasteiger partial charge is 0.368 e. The molecule has 0 radical (unpaired) electrons. The second-order valence-corrected chi connectivity index (χ2v) is 9.94. The molecule has 1 aliphatic rings. The molecule has 0 spiro atoms. The predicted octanol–water partition coefficient (Wildman–Crippen LogP) is 5.69. The molecule has 0 atom stereocenters. The van der Waals surface area contributed by atoms with Crippen molar-refractivity contribution in [1.29, 1.82) is 0 Å². The summed E-state index contributed by atoms with van der Waals surface area (Å²) in [4.78, 5) is 29.0. The van der Waals surface area contributed by atoms with E-state index in [1.807, 2.05) is 24.3 Å². The van der Waals surface area contributed by atoms with Gasteiger partial charge in [-0.1, -0.05) is 53.0 Å². The Hall–Kier alpha value is -3.26. The van der Waals surface area contributed by atoms with Crippen LogP contribution < -0.4 is 20.9 Å². The van der Waals surface area contributed by atoms with Gasteiger partial charge in [0, 0.05) is 44.1 Å². The van der Waals surface area contributed by atoms with Crippen LogP contribution in [0.15, 0.2) is 60.7 Å². The summed E-state index contributed by atoms with van der Waals surface area (Å²) >= 11 is 12.3. The average molecular weight is 540 g/mol. The first-order valence-corrected chi connectivity index (χ1v) is 13.0. The topological polar surface area (TPSA) is 76.7 Å². The lowest BCUT2D eigenvalue weighted by molar-refractivity contribution is -0.115. The van der Waals surface area contributed by atoms with Gasteiger partial charge in [-0.3, -0.25) is 4.79 Å². The van der Waals surface area contributed by atoms with Crippen LogP contribution in [0.5, 0.6) is 0 Å². The molecule has 1 heterocycles. The standard InChI is InChI=1S/C28H31Cl2N5O2/c1-19-6-7-21(20(2)16-19)17-31-18-26(36)32-22-8-10-23(11-9-22)34-12-14-35(15-13-34)28(37)33-27-24(29)4-3-5-25(27)30/h3-11,16,31H,12-15,17-18H2,1-2H3,(H,32,36)(H,33,37). The minimum atomic E-state index is -0.223. The Morgan fingerprint density at radius 1 is 0.865 bits per heavy atom. The molecular weight excluding hydrogens is 509 g/mol. The fourth-order valence-corrected chi connectivity index (χ4v) is 4.78. The first-order valence-electron chi connectivity index (χ1n) is 12.2. The van der Waals surface area contributed by atoms with E-state index in [-0.39, 0.29) is 18.5 Å². The number of hydrogen-bond acceptors (Lipinski definition) is 4. The Morgan fingerprint density at radius 3 is 2.19 bits per heavy atom. The van der Waals surface area contributed by atoms with E-state index in [0.29, 0.717) is 48.5 Å². The van der Waals surface area contributed by atoms with Gasteiger partial charge in [0.05, 0.1) is 22.3 Å². The maximum absolute atomic E-state index is 12.7. The summed E-state index contributed by atoms with van der Waals surface area (Å²) in [5, 5.41) is 9.77. The van der Waals surface area contributed by atoms with Gasteiger partial charge in [0.25, 0.3) is 0 Å². The Bertz CT molecular complexity index is 1240. The van der Waals surface area contributed by atoms with E-state index in [1.54, 1.807) is 23.1 Å². The van der Waals surface area contributed by atoms with Crippen LogP contribution >= 0.6 is 23.2 Å². The third kappa shape index (κ3) is 7.16. The van der Waals surface area contributed by atoms with Crippen molar-refractivity contribution in [2.24, 2.45) is 0 Å². The molecule has 7 nitrogen and oxygen atoms in total. The fourth-order valence-electron chi connectivity index (χ4n) is 4.29. The van der Waals surface area contributed by atoms with Crippen molar-refractivity contribution < 1.29 is 9.59 Å². The molecule has 0 saturated carbocycles. The highest BCUT2D eigenvalue weighted by molar-refractivity contribution is 6.39. The number of hydrogen-bond donors (Lipinski definition) is 3. The number of aryl methyl sites for hydroxylation is 2. The van der Waals surface area contributed by atoms with E-state index in [9.17, 15) is 9.59 Å². The quantitative estimate of drug-likeness (QED) is 0.360. The van der Waals surface area contributed by atoms with Crippen molar-refractivity contribution in [3.05, 3.63) is 87.4 Å². The second-order valence-electron chi connectivity index (χ2n) is 9.13. The highest BCUT2D eigenvalue weighted by atomic mass is 35.5. The van der Waals surface area contributed by atoms with Gasteiger partial charge in [0.1, 0.15) is 0 Å². The van der Waals surface area contributed by atoms with Crippen LogP contribution in [-0.4, -0.2) is 49.6 Å². The van der Waals surface area contributed by atoms with E-state index in [2.05, 4.69) is 52.9 Å². The summed E-state index contributed by atoms with van der Waals surface area (Å²) in [5.74, 6) is -0.0873. The number of carbonyl (C=O) groups excluding carboxylic acids is 2. The molecule has 0 aliphatic carbocycles. The summed E-state index contributed by atoms with van der Waals surface area (Å²) in [6, 6.07) is 19.0. The third-order valence-corrected chi connectivity index (χ3v) is 7.01. The van der Waals surface area contributed by atoms with Gasteiger partial charge in [0.2, 0.25) is 5.91 Å². The van der Waals surface area contributed by atoms with Gasteiger partial charge in [-0.25, -0.2) is 4.79 Å². The van der Waals surface area contributed by atoms with Gasteiger partial charge in [-0.05, 0) is 61.4 Å². The Balaban J connectivity index is 1.22. The lowest BCUT2D eigenvalue weighted by Crippen LogP contribution is -2.50. The van der Waals surface area contributed by atoms with Gasteiger partial charge >= 0.3 is 6.03 Å². The lowest BCUT2D eigenvalue weighted by atomic mass is 10.1. The first kappa shape index (κ1) is 26.8. The molecule has 3 aromatic carbocycles. The maximum atomic E-state index is 12.7. The highest BCUT2D eigenvalue weighted by Gasteiger charge is 2.22. The Morgan fingerprint density at radius 2 is 1.54 bits per heavy atom. The van der Waals surface area contributed by atoms with E-state index in [1.165, 1.54) is 16.7 Å². The summed E-state index contributed by atoms with van der Waals surface area (Å²) in [5.41, 5.74) is 5.85. The molecule has 3 amide bonds. The Labute approximate surface area is 227 Å². The number of piperazine rings is 1. The van der Waals surface area contributed by atoms with Crippen molar-refractivity contribution in [3.63, 3.8) is 0 Å². The van der Waals surface area contributed by atoms with Gasteiger partial charge in [-0.15, -0.1) is 0 Å². The number of para-hydroxylation sites is 1. The van der Waals surface area contributed by atoms with Crippen molar-refractivity contribution >= 4 is 52.2 Å². The molecule has 194 valence electrons. The number of rotatable bonds is 7. The molecule has 0 bridgehead atoms. The number of benzene rings is 3. The molecule has 3 N–H and O–H groups in total. The molecular formula is C28H31Cl2N5O2.